The molecule has 0 aromatic heterocycles. The van der Waals surface area contributed by atoms with Gasteiger partial charge in [-0.1, -0.05) is 13.8 Å². The van der Waals surface area contributed by atoms with Crippen LogP contribution in [-0.4, -0.2) is 31.1 Å². The Bertz CT molecular complexity index is 429. The van der Waals surface area contributed by atoms with Crippen molar-refractivity contribution in [3.63, 3.8) is 0 Å². The van der Waals surface area contributed by atoms with Crippen molar-refractivity contribution in [3.05, 3.63) is 0 Å². The molecule has 4 saturated heterocycles. The molecule has 21 heavy (non-hydrogen) atoms. The Balaban J connectivity index is 1.79. The minimum atomic E-state index is -0.698. The van der Waals surface area contributed by atoms with Crippen LogP contribution in [0.15, 0.2) is 0 Å². The van der Waals surface area contributed by atoms with E-state index in [-0.39, 0.29) is 12.2 Å². The number of hydrogen-bond donors (Lipinski definition) is 0. The second-order valence-corrected chi connectivity index (χ2v) is 7.51. The van der Waals surface area contributed by atoms with Crippen molar-refractivity contribution in [2.24, 2.45) is 23.7 Å². The van der Waals surface area contributed by atoms with Crippen molar-refractivity contribution < 1.29 is 24.0 Å². The molecule has 0 aromatic carbocycles. The van der Waals surface area contributed by atoms with Crippen molar-refractivity contribution in [3.8, 4) is 0 Å². The van der Waals surface area contributed by atoms with Crippen LogP contribution in [0.25, 0.3) is 0 Å². The molecule has 0 unspecified atom stereocenters. The van der Waals surface area contributed by atoms with Gasteiger partial charge in [-0.05, 0) is 38.0 Å². The Hall–Kier alpha value is -0.200. The minimum Gasteiger partial charge on any atom is -0.355 e. The molecule has 4 aliphatic heterocycles. The molecular weight excluding hydrogens is 272 g/mol. The summed E-state index contributed by atoms with van der Waals surface area (Å²) in [6.07, 6.45) is 3.64. The van der Waals surface area contributed by atoms with Crippen molar-refractivity contribution in [2.75, 3.05) is 7.11 Å². The van der Waals surface area contributed by atoms with E-state index in [1.807, 2.05) is 6.92 Å². The second-order valence-electron chi connectivity index (χ2n) is 7.51. The topological polar surface area (TPSA) is 46.2 Å². The van der Waals surface area contributed by atoms with Crippen LogP contribution in [0, 0.1) is 23.7 Å². The van der Waals surface area contributed by atoms with Gasteiger partial charge in [0.25, 0.3) is 0 Å². The Morgan fingerprint density at radius 1 is 1.05 bits per heavy atom. The van der Waals surface area contributed by atoms with Crippen LogP contribution in [-0.2, 0) is 24.0 Å². The highest BCUT2D eigenvalue weighted by Crippen LogP contribution is 2.60. The minimum absolute atomic E-state index is 0.230. The summed E-state index contributed by atoms with van der Waals surface area (Å²) in [7, 11) is 1.70. The van der Waals surface area contributed by atoms with Gasteiger partial charge in [0.1, 0.15) is 0 Å². The molecule has 1 spiro atoms. The van der Waals surface area contributed by atoms with Gasteiger partial charge >= 0.3 is 0 Å². The van der Waals surface area contributed by atoms with Gasteiger partial charge in [0.2, 0.25) is 5.79 Å². The van der Waals surface area contributed by atoms with E-state index in [0.717, 1.165) is 19.3 Å². The van der Waals surface area contributed by atoms with Crippen LogP contribution < -0.4 is 0 Å². The molecule has 0 N–H and O–H groups in total. The molecule has 8 atom stereocenters. The van der Waals surface area contributed by atoms with E-state index < -0.39 is 17.7 Å². The SMILES string of the molecule is CO[C@H]1O[C@@H]2O[C@@]3(C)CC[C@@H]4[C@H](C)CC[C@@H]([C@H]1C)[C@@]24OO3. The summed E-state index contributed by atoms with van der Waals surface area (Å²) < 4.78 is 17.9. The summed E-state index contributed by atoms with van der Waals surface area (Å²) in [4.78, 5) is 11.8. The lowest BCUT2D eigenvalue weighted by Gasteiger charge is -2.60. The third kappa shape index (κ3) is 1.81. The largest absolute Gasteiger partial charge is 0.355 e. The lowest BCUT2D eigenvalue weighted by molar-refractivity contribution is -0.577. The zero-order chi connectivity index (χ0) is 14.8. The second kappa shape index (κ2) is 4.65. The van der Waals surface area contributed by atoms with E-state index in [1.165, 1.54) is 6.42 Å². The molecule has 5 fully saturated rings. The average Bonchev–Trinajstić information content (AvgIpc) is 2.69. The zero-order valence-corrected chi connectivity index (χ0v) is 13.3. The Morgan fingerprint density at radius 2 is 1.86 bits per heavy atom. The first kappa shape index (κ1) is 14.4. The Morgan fingerprint density at radius 3 is 2.62 bits per heavy atom. The fraction of sp³-hybridized carbons (Fsp3) is 1.00. The summed E-state index contributed by atoms with van der Waals surface area (Å²) in [6.45, 7) is 6.46. The van der Waals surface area contributed by atoms with E-state index >= 15 is 0 Å². The number of methoxy groups -OCH3 is 1. The monoisotopic (exact) mass is 298 g/mol. The van der Waals surface area contributed by atoms with Crippen molar-refractivity contribution >= 4 is 0 Å². The van der Waals surface area contributed by atoms with Gasteiger partial charge in [0, 0.05) is 25.4 Å². The van der Waals surface area contributed by atoms with E-state index in [4.69, 9.17) is 24.0 Å². The van der Waals surface area contributed by atoms with Gasteiger partial charge in [0.05, 0.1) is 0 Å². The molecule has 5 heteroatoms. The number of fused-ring (bicyclic) bond motifs is 2. The molecule has 1 aliphatic carbocycles. The van der Waals surface area contributed by atoms with Crippen LogP contribution in [0.4, 0.5) is 0 Å². The standard InChI is InChI=1S/C16H26O5/c1-9-5-6-12-10(2)13(17-4)18-14-16(12)11(9)7-8-15(3,19-14)20-21-16/h9-14H,5-8H2,1-4H3/t9-,10-,11-,12+,13+,14-,15-,16-/m1/s1. The summed E-state index contributed by atoms with van der Waals surface area (Å²) in [5.41, 5.74) is -0.470. The molecule has 5 aliphatic rings. The Kier molecular flexibility index (Phi) is 3.19. The van der Waals surface area contributed by atoms with Crippen molar-refractivity contribution in [1.29, 1.82) is 0 Å². The highest BCUT2D eigenvalue weighted by molar-refractivity contribution is 5.08. The molecule has 0 radical (unpaired) electrons. The molecule has 1 saturated carbocycles. The van der Waals surface area contributed by atoms with Crippen LogP contribution in [0.5, 0.6) is 0 Å². The third-order valence-corrected chi connectivity index (χ3v) is 6.33. The smallest absolute Gasteiger partial charge is 0.201 e. The van der Waals surface area contributed by atoms with Gasteiger partial charge < -0.3 is 14.2 Å². The van der Waals surface area contributed by atoms with Gasteiger partial charge in [0.15, 0.2) is 18.2 Å². The molecule has 120 valence electrons. The van der Waals surface area contributed by atoms with E-state index in [2.05, 4.69) is 13.8 Å². The average molecular weight is 298 g/mol. The summed E-state index contributed by atoms with van der Waals surface area (Å²) in [5, 5.41) is 0. The third-order valence-electron chi connectivity index (χ3n) is 6.33. The maximum absolute atomic E-state index is 6.21. The Labute approximate surface area is 126 Å². The molecule has 5 nitrogen and oxygen atoms in total. The van der Waals surface area contributed by atoms with Crippen molar-refractivity contribution in [1.82, 2.24) is 0 Å². The van der Waals surface area contributed by atoms with E-state index in [0.29, 0.717) is 17.8 Å². The molecular formula is C16H26O5. The van der Waals surface area contributed by atoms with E-state index in [1.54, 1.807) is 7.11 Å². The molecule has 2 bridgehead atoms. The predicted octanol–water partition coefficient (Wildman–Crippen LogP) is 2.84. The number of rotatable bonds is 1. The quantitative estimate of drug-likeness (QED) is 0.697. The van der Waals surface area contributed by atoms with Crippen LogP contribution >= 0.6 is 0 Å². The molecule has 0 amide bonds. The highest BCUT2D eigenvalue weighted by Gasteiger charge is 2.69. The maximum Gasteiger partial charge on any atom is 0.201 e. The molecule has 0 aromatic rings. The van der Waals surface area contributed by atoms with Gasteiger partial charge in [-0.2, -0.15) is 0 Å². The number of ether oxygens (including phenoxy) is 3. The number of hydrogen-bond acceptors (Lipinski definition) is 5. The maximum atomic E-state index is 6.21. The fourth-order valence-corrected chi connectivity index (χ4v) is 5.14. The summed E-state index contributed by atoms with van der Waals surface area (Å²) in [6, 6.07) is 0. The van der Waals surface area contributed by atoms with Gasteiger partial charge in [-0.25, -0.2) is 9.78 Å². The summed E-state index contributed by atoms with van der Waals surface area (Å²) in [5.74, 6) is 0.953. The fourth-order valence-electron chi connectivity index (χ4n) is 5.14. The predicted molar refractivity (Wildman–Crippen MR) is 73.8 cm³/mol. The lowest BCUT2D eigenvalue weighted by atomic mass is 9.58. The van der Waals surface area contributed by atoms with Crippen molar-refractivity contribution in [2.45, 2.75) is 70.4 Å². The first-order valence-electron chi connectivity index (χ1n) is 8.23. The van der Waals surface area contributed by atoms with Gasteiger partial charge in [-0.3, -0.25) is 0 Å². The van der Waals surface area contributed by atoms with Crippen LogP contribution in [0.1, 0.15) is 46.5 Å². The highest BCUT2D eigenvalue weighted by atomic mass is 17.3. The van der Waals surface area contributed by atoms with Gasteiger partial charge in [-0.15, -0.1) is 0 Å². The lowest BCUT2D eigenvalue weighted by Crippen LogP contribution is -2.70. The molecule has 4 heterocycles. The molecule has 5 rings (SSSR count). The summed E-state index contributed by atoms with van der Waals surface area (Å²) >= 11 is 0. The first-order valence-corrected chi connectivity index (χ1v) is 8.23. The van der Waals surface area contributed by atoms with E-state index in [9.17, 15) is 0 Å². The normalized spacial score (nSPS) is 59.4. The van der Waals surface area contributed by atoms with Crippen LogP contribution in [0.2, 0.25) is 0 Å². The first-order chi connectivity index (χ1) is 10.00. The van der Waals surface area contributed by atoms with Crippen LogP contribution in [0.3, 0.4) is 0 Å². The zero-order valence-electron chi connectivity index (χ0n) is 13.3.